The first-order valence-electron chi connectivity index (χ1n) is 10.7. The van der Waals surface area contributed by atoms with Gasteiger partial charge in [0.15, 0.2) is 0 Å². The molecule has 7 nitrogen and oxygen atoms in total. The Morgan fingerprint density at radius 1 is 0.875 bits per heavy atom. The zero-order valence-electron chi connectivity index (χ0n) is 19.3. The lowest BCUT2D eigenvalue weighted by atomic mass is 10.0. The minimum absolute atomic E-state index is 0.206. The molecule has 172 valence electrons. The van der Waals surface area contributed by atoms with Crippen molar-refractivity contribution >= 4 is 18.0 Å². The molecule has 2 atom stereocenters. The van der Waals surface area contributed by atoms with Crippen molar-refractivity contribution in [3.63, 3.8) is 0 Å². The molecular formula is C25H32N2O5. The van der Waals surface area contributed by atoms with Crippen molar-refractivity contribution in [3.05, 3.63) is 66.2 Å². The largest absolute Gasteiger partial charge is 0.458 e. The summed E-state index contributed by atoms with van der Waals surface area (Å²) in [5.74, 6) is -0.866. The molecule has 0 aromatic heterocycles. The van der Waals surface area contributed by atoms with Gasteiger partial charge in [-0.2, -0.15) is 0 Å². The van der Waals surface area contributed by atoms with Crippen molar-refractivity contribution in [1.82, 2.24) is 10.6 Å². The van der Waals surface area contributed by atoms with E-state index >= 15 is 0 Å². The van der Waals surface area contributed by atoms with Gasteiger partial charge in [-0.15, -0.1) is 0 Å². The number of carbonyl (C=O) groups is 3. The van der Waals surface area contributed by atoms with Gasteiger partial charge in [0.1, 0.15) is 23.4 Å². The zero-order chi connectivity index (χ0) is 23.7. The van der Waals surface area contributed by atoms with Gasteiger partial charge >= 0.3 is 12.1 Å². The molecule has 32 heavy (non-hydrogen) atoms. The highest BCUT2D eigenvalue weighted by Gasteiger charge is 2.32. The van der Waals surface area contributed by atoms with Crippen LogP contribution in [-0.4, -0.2) is 35.7 Å². The van der Waals surface area contributed by atoms with Crippen molar-refractivity contribution in [1.29, 1.82) is 0 Å². The van der Waals surface area contributed by atoms with Gasteiger partial charge in [0.05, 0.1) is 0 Å². The van der Waals surface area contributed by atoms with Gasteiger partial charge in [0.2, 0.25) is 5.91 Å². The fourth-order valence-corrected chi connectivity index (χ4v) is 2.94. The fraction of sp³-hybridized carbons (Fsp3) is 0.400. The van der Waals surface area contributed by atoms with Crippen LogP contribution in [0, 0.1) is 5.92 Å². The topological polar surface area (TPSA) is 93.7 Å². The first-order chi connectivity index (χ1) is 15.0. The standard InChI is InChI=1S/C25H32N2O5/c1-17(2)21(23(29)32-25(3,4)5)27-22(28)20(16-18-12-8-6-9-13-18)26-24(30)31-19-14-10-7-11-15-19/h6-15,17,20-21H,16H2,1-5H3,(H,26,30)(H,27,28)/t20-,21-/m0/s1. The molecule has 0 saturated carbocycles. The molecule has 0 aliphatic rings. The van der Waals surface area contributed by atoms with E-state index in [2.05, 4.69) is 10.6 Å². The predicted molar refractivity (Wildman–Crippen MR) is 122 cm³/mol. The molecule has 0 fully saturated rings. The summed E-state index contributed by atoms with van der Waals surface area (Å²) in [5.41, 5.74) is 0.168. The summed E-state index contributed by atoms with van der Waals surface area (Å²) in [6, 6.07) is 16.1. The van der Waals surface area contributed by atoms with Gasteiger partial charge in [0.25, 0.3) is 0 Å². The van der Waals surface area contributed by atoms with Crippen molar-refractivity contribution < 1.29 is 23.9 Å². The van der Waals surface area contributed by atoms with Crippen LogP contribution in [0.3, 0.4) is 0 Å². The Morgan fingerprint density at radius 2 is 1.44 bits per heavy atom. The molecule has 0 spiro atoms. The third-order valence-corrected chi connectivity index (χ3v) is 4.47. The van der Waals surface area contributed by atoms with Crippen LogP contribution in [0.2, 0.25) is 0 Å². The van der Waals surface area contributed by atoms with E-state index in [0.717, 1.165) is 5.56 Å². The van der Waals surface area contributed by atoms with E-state index in [9.17, 15) is 14.4 Å². The lowest BCUT2D eigenvalue weighted by molar-refractivity contribution is -0.160. The molecule has 2 rings (SSSR count). The van der Waals surface area contributed by atoms with Crippen molar-refractivity contribution in [2.75, 3.05) is 0 Å². The molecule has 0 aliphatic heterocycles. The number of carbonyl (C=O) groups excluding carboxylic acids is 3. The first-order valence-corrected chi connectivity index (χ1v) is 10.7. The summed E-state index contributed by atoms with van der Waals surface area (Å²) >= 11 is 0. The lowest BCUT2D eigenvalue weighted by Gasteiger charge is -2.28. The van der Waals surface area contributed by atoms with Gasteiger partial charge in [-0.3, -0.25) is 4.79 Å². The highest BCUT2D eigenvalue weighted by molar-refractivity contribution is 5.90. The fourth-order valence-electron chi connectivity index (χ4n) is 2.94. The van der Waals surface area contributed by atoms with Crippen LogP contribution >= 0.6 is 0 Å². The van der Waals surface area contributed by atoms with Gasteiger partial charge in [0, 0.05) is 6.42 Å². The SMILES string of the molecule is CC(C)[C@H](NC(=O)[C@H](Cc1ccccc1)NC(=O)Oc1ccccc1)C(=O)OC(C)(C)C. The maximum Gasteiger partial charge on any atom is 0.413 e. The van der Waals surface area contributed by atoms with E-state index in [-0.39, 0.29) is 12.3 Å². The Labute approximate surface area is 189 Å². The van der Waals surface area contributed by atoms with E-state index in [4.69, 9.17) is 9.47 Å². The van der Waals surface area contributed by atoms with Crippen LogP contribution in [0.25, 0.3) is 0 Å². The van der Waals surface area contributed by atoms with Gasteiger partial charge in [-0.05, 0) is 44.4 Å². The molecule has 2 aromatic rings. The Kier molecular flexibility index (Phi) is 8.81. The summed E-state index contributed by atoms with van der Waals surface area (Å²) in [6.07, 6.45) is -0.527. The second-order valence-corrected chi connectivity index (χ2v) is 8.85. The van der Waals surface area contributed by atoms with Crippen molar-refractivity contribution in [3.8, 4) is 5.75 Å². The highest BCUT2D eigenvalue weighted by Crippen LogP contribution is 2.14. The Morgan fingerprint density at radius 3 is 1.97 bits per heavy atom. The number of amides is 2. The third-order valence-electron chi connectivity index (χ3n) is 4.47. The summed E-state index contributed by atoms with van der Waals surface area (Å²) in [6.45, 7) is 8.94. The highest BCUT2D eigenvalue weighted by atomic mass is 16.6. The summed E-state index contributed by atoms with van der Waals surface area (Å²) in [5, 5.41) is 5.36. The Balaban J connectivity index is 2.16. The smallest absolute Gasteiger partial charge is 0.413 e. The molecule has 0 aliphatic carbocycles. The van der Waals surface area contributed by atoms with Crippen molar-refractivity contribution in [2.24, 2.45) is 5.92 Å². The number of rotatable bonds is 8. The number of hydrogen-bond donors (Lipinski definition) is 2. The summed E-state index contributed by atoms with van der Waals surface area (Å²) in [4.78, 5) is 38.2. The number of ether oxygens (including phenoxy) is 2. The van der Waals surface area contributed by atoms with Gasteiger partial charge in [-0.1, -0.05) is 62.4 Å². The van der Waals surface area contributed by atoms with Crippen molar-refractivity contribution in [2.45, 2.75) is 58.7 Å². The number of esters is 1. The lowest BCUT2D eigenvalue weighted by Crippen LogP contribution is -2.55. The maximum atomic E-state index is 13.1. The number of para-hydroxylation sites is 1. The average Bonchev–Trinajstić information content (AvgIpc) is 2.71. The molecule has 2 N–H and O–H groups in total. The number of benzene rings is 2. The number of hydrogen-bond acceptors (Lipinski definition) is 5. The minimum Gasteiger partial charge on any atom is -0.458 e. The predicted octanol–water partition coefficient (Wildman–Crippen LogP) is 3.87. The van der Waals surface area contributed by atoms with Gasteiger partial charge < -0.3 is 20.1 Å². The van der Waals surface area contributed by atoms with Crippen LogP contribution in [-0.2, 0) is 20.7 Å². The molecule has 0 unspecified atom stereocenters. The van der Waals surface area contributed by atoms with E-state index < -0.39 is 35.7 Å². The second-order valence-electron chi connectivity index (χ2n) is 8.85. The van der Waals surface area contributed by atoms with E-state index in [1.165, 1.54) is 0 Å². The monoisotopic (exact) mass is 440 g/mol. The molecule has 0 bridgehead atoms. The quantitative estimate of drug-likeness (QED) is 0.608. The molecule has 7 heteroatoms. The first kappa shape index (κ1) is 24.9. The normalized spacial score (nSPS) is 13.1. The molecule has 0 saturated heterocycles. The average molecular weight is 441 g/mol. The van der Waals surface area contributed by atoms with Gasteiger partial charge in [-0.25, -0.2) is 9.59 Å². The van der Waals surface area contributed by atoms with E-state index in [1.54, 1.807) is 51.1 Å². The van der Waals surface area contributed by atoms with E-state index in [1.807, 2.05) is 44.2 Å². The van der Waals surface area contributed by atoms with E-state index in [0.29, 0.717) is 5.75 Å². The van der Waals surface area contributed by atoms with Crippen LogP contribution in [0.5, 0.6) is 5.75 Å². The summed E-state index contributed by atoms with van der Waals surface area (Å²) < 4.78 is 10.7. The van der Waals surface area contributed by atoms with Crippen LogP contribution in [0.15, 0.2) is 60.7 Å². The van der Waals surface area contributed by atoms with Crippen LogP contribution in [0.4, 0.5) is 4.79 Å². The molecule has 0 heterocycles. The number of nitrogens with one attached hydrogen (secondary N) is 2. The second kappa shape index (κ2) is 11.3. The molecule has 2 aromatic carbocycles. The maximum absolute atomic E-state index is 13.1. The van der Waals surface area contributed by atoms with Crippen LogP contribution < -0.4 is 15.4 Å². The Bertz CT molecular complexity index is 892. The molecule has 2 amide bonds. The third kappa shape index (κ3) is 8.41. The summed E-state index contributed by atoms with van der Waals surface area (Å²) in [7, 11) is 0. The molecule has 0 radical (unpaired) electrons. The van der Waals surface area contributed by atoms with Crippen LogP contribution in [0.1, 0.15) is 40.2 Å². The zero-order valence-corrected chi connectivity index (χ0v) is 19.3. The minimum atomic E-state index is -0.947. The molecular weight excluding hydrogens is 408 g/mol. The Hall–Kier alpha value is -3.35.